The van der Waals surface area contributed by atoms with Crippen LogP contribution >= 0.6 is 24.0 Å². The molecule has 0 radical (unpaired) electrons. The Bertz CT molecular complexity index is 418. The summed E-state index contributed by atoms with van der Waals surface area (Å²) in [5, 5.41) is 6.83. The first kappa shape index (κ1) is 22.2. The molecule has 23 heavy (non-hydrogen) atoms. The van der Waals surface area contributed by atoms with Crippen LogP contribution in [0.5, 0.6) is 0 Å². The fraction of sp³-hybridized carbons (Fsp3) is 0.611. The average Bonchev–Trinajstić information content (AvgIpc) is 2.56. The molecule has 1 aromatic carbocycles. The Hall–Kier alpha value is -0.820. The molecule has 2 N–H and O–H groups in total. The molecule has 0 saturated carbocycles. The average molecular weight is 432 g/mol. The van der Waals surface area contributed by atoms with Crippen molar-refractivity contribution in [2.24, 2.45) is 4.99 Å². The number of aliphatic imine (C=N–C) groups is 1. The molecule has 0 spiro atoms. The Labute approximate surface area is 159 Å². The maximum Gasteiger partial charge on any atom is 0.191 e. The van der Waals surface area contributed by atoms with Gasteiger partial charge in [0, 0.05) is 19.6 Å². The number of nitrogens with zero attached hydrogens (tertiary/aromatic N) is 2. The highest BCUT2D eigenvalue weighted by Gasteiger charge is 2.06. The van der Waals surface area contributed by atoms with Crippen molar-refractivity contribution < 1.29 is 0 Å². The van der Waals surface area contributed by atoms with Crippen LogP contribution in [0.4, 0.5) is 0 Å². The minimum absolute atomic E-state index is 0. The van der Waals surface area contributed by atoms with Gasteiger partial charge in [-0.05, 0) is 45.0 Å². The van der Waals surface area contributed by atoms with Crippen LogP contribution in [0.1, 0.15) is 39.2 Å². The van der Waals surface area contributed by atoms with Crippen LogP contribution in [0.2, 0.25) is 0 Å². The Morgan fingerprint density at radius 1 is 1.17 bits per heavy atom. The van der Waals surface area contributed by atoms with Crippen LogP contribution < -0.4 is 10.6 Å². The molecule has 1 rings (SSSR count). The topological polar surface area (TPSA) is 39.7 Å². The first-order valence-electron chi connectivity index (χ1n) is 8.43. The zero-order valence-electron chi connectivity index (χ0n) is 15.0. The number of halogens is 1. The van der Waals surface area contributed by atoms with E-state index in [4.69, 9.17) is 0 Å². The predicted octanol–water partition coefficient (Wildman–Crippen LogP) is 3.48. The molecular formula is C18H33IN4. The van der Waals surface area contributed by atoms with Gasteiger partial charge in [0.1, 0.15) is 0 Å². The van der Waals surface area contributed by atoms with E-state index in [9.17, 15) is 0 Å². The molecule has 0 aliphatic rings. The van der Waals surface area contributed by atoms with Crippen molar-refractivity contribution in [1.82, 2.24) is 15.5 Å². The molecule has 0 saturated heterocycles. The highest BCUT2D eigenvalue weighted by molar-refractivity contribution is 14.0. The first-order valence-corrected chi connectivity index (χ1v) is 8.43. The van der Waals surface area contributed by atoms with E-state index < -0.39 is 0 Å². The second-order valence-corrected chi connectivity index (χ2v) is 5.63. The van der Waals surface area contributed by atoms with E-state index in [0.29, 0.717) is 6.04 Å². The van der Waals surface area contributed by atoms with Crippen LogP contribution in [0.3, 0.4) is 0 Å². The summed E-state index contributed by atoms with van der Waals surface area (Å²) in [4.78, 5) is 6.77. The van der Waals surface area contributed by atoms with Crippen LogP contribution in [-0.4, -0.2) is 43.6 Å². The summed E-state index contributed by atoms with van der Waals surface area (Å²) in [5.74, 6) is 0.874. The molecule has 0 amide bonds. The van der Waals surface area contributed by atoms with Gasteiger partial charge in [-0.2, -0.15) is 0 Å². The molecule has 0 aliphatic carbocycles. The molecule has 0 fully saturated rings. The second kappa shape index (κ2) is 13.6. The Kier molecular flexibility index (Phi) is 13.1. The summed E-state index contributed by atoms with van der Waals surface area (Å²) in [7, 11) is 1.82. The first-order chi connectivity index (χ1) is 10.7. The molecule has 0 aromatic heterocycles. The van der Waals surface area contributed by atoms with Gasteiger partial charge in [0.15, 0.2) is 5.96 Å². The fourth-order valence-electron chi connectivity index (χ4n) is 2.44. The second-order valence-electron chi connectivity index (χ2n) is 5.63. The molecule has 1 atom stereocenters. The van der Waals surface area contributed by atoms with E-state index in [1.165, 1.54) is 18.5 Å². The number of hydrogen-bond acceptors (Lipinski definition) is 2. The van der Waals surface area contributed by atoms with Crippen LogP contribution in [0, 0.1) is 0 Å². The number of benzene rings is 1. The van der Waals surface area contributed by atoms with Crippen molar-refractivity contribution in [2.75, 3.05) is 26.7 Å². The molecule has 5 heteroatoms. The lowest BCUT2D eigenvalue weighted by atomic mass is 10.2. The molecule has 0 aliphatic heterocycles. The van der Waals surface area contributed by atoms with E-state index in [-0.39, 0.29) is 24.0 Å². The van der Waals surface area contributed by atoms with Crippen LogP contribution in [0.25, 0.3) is 0 Å². The van der Waals surface area contributed by atoms with Gasteiger partial charge in [0.05, 0.1) is 0 Å². The number of hydrogen-bond donors (Lipinski definition) is 2. The Morgan fingerprint density at radius 2 is 1.83 bits per heavy atom. The van der Waals surface area contributed by atoms with Gasteiger partial charge in [-0.15, -0.1) is 24.0 Å². The van der Waals surface area contributed by atoms with E-state index in [2.05, 4.69) is 65.6 Å². The van der Waals surface area contributed by atoms with Crippen molar-refractivity contribution in [2.45, 2.75) is 46.2 Å². The van der Waals surface area contributed by atoms with Crippen molar-refractivity contribution in [3.8, 4) is 0 Å². The minimum Gasteiger partial charge on any atom is -0.354 e. The maximum atomic E-state index is 4.30. The van der Waals surface area contributed by atoms with E-state index in [1.54, 1.807) is 0 Å². The van der Waals surface area contributed by atoms with Gasteiger partial charge in [0.25, 0.3) is 0 Å². The highest BCUT2D eigenvalue weighted by Crippen LogP contribution is 2.00. The molecule has 132 valence electrons. The van der Waals surface area contributed by atoms with E-state index in [0.717, 1.165) is 32.0 Å². The summed E-state index contributed by atoms with van der Waals surface area (Å²) in [6.45, 7) is 10.9. The van der Waals surface area contributed by atoms with Crippen molar-refractivity contribution in [1.29, 1.82) is 0 Å². The van der Waals surface area contributed by atoms with Gasteiger partial charge in [0.2, 0.25) is 0 Å². The lowest BCUT2D eigenvalue weighted by molar-refractivity contribution is 0.292. The smallest absolute Gasteiger partial charge is 0.191 e. The summed E-state index contributed by atoms with van der Waals surface area (Å²) < 4.78 is 0. The maximum absolute atomic E-state index is 4.30. The summed E-state index contributed by atoms with van der Waals surface area (Å²) in [6.07, 6.45) is 2.37. The van der Waals surface area contributed by atoms with E-state index in [1.807, 2.05) is 13.1 Å². The molecule has 4 nitrogen and oxygen atoms in total. The van der Waals surface area contributed by atoms with Crippen molar-refractivity contribution >= 4 is 29.9 Å². The third-order valence-corrected chi connectivity index (χ3v) is 3.92. The SMILES string of the molecule is CCN(CC)CCCC(C)NC(=NC)NCc1ccccc1.I. The quantitative estimate of drug-likeness (QED) is 0.357. The van der Waals surface area contributed by atoms with Crippen LogP contribution in [-0.2, 0) is 6.54 Å². The highest BCUT2D eigenvalue weighted by atomic mass is 127. The third-order valence-electron chi connectivity index (χ3n) is 3.92. The van der Waals surface area contributed by atoms with Gasteiger partial charge in [-0.1, -0.05) is 44.2 Å². The zero-order chi connectivity index (χ0) is 16.2. The zero-order valence-corrected chi connectivity index (χ0v) is 17.3. The largest absolute Gasteiger partial charge is 0.354 e. The van der Waals surface area contributed by atoms with Gasteiger partial charge in [-0.3, -0.25) is 4.99 Å². The summed E-state index contributed by atoms with van der Waals surface area (Å²) >= 11 is 0. The van der Waals surface area contributed by atoms with Crippen molar-refractivity contribution in [3.05, 3.63) is 35.9 Å². The lowest BCUT2D eigenvalue weighted by Gasteiger charge is -2.21. The normalized spacial score (nSPS) is 12.7. The lowest BCUT2D eigenvalue weighted by Crippen LogP contribution is -2.42. The van der Waals surface area contributed by atoms with Crippen LogP contribution in [0.15, 0.2) is 35.3 Å². The fourth-order valence-corrected chi connectivity index (χ4v) is 2.44. The molecule has 1 unspecified atom stereocenters. The minimum atomic E-state index is 0. The molecular weight excluding hydrogens is 399 g/mol. The van der Waals surface area contributed by atoms with Gasteiger partial charge < -0.3 is 15.5 Å². The van der Waals surface area contributed by atoms with Gasteiger partial charge in [-0.25, -0.2) is 0 Å². The molecule has 0 heterocycles. The molecule has 0 bridgehead atoms. The summed E-state index contributed by atoms with van der Waals surface area (Å²) in [5.41, 5.74) is 1.26. The molecule has 1 aromatic rings. The monoisotopic (exact) mass is 432 g/mol. The Balaban J connectivity index is 0.00000484. The van der Waals surface area contributed by atoms with Crippen molar-refractivity contribution in [3.63, 3.8) is 0 Å². The summed E-state index contributed by atoms with van der Waals surface area (Å²) in [6, 6.07) is 10.8. The predicted molar refractivity (Wildman–Crippen MR) is 112 cm³/mol. The van der Waals surface area contributed by atoms with E-state index >= 15 is 0 Å². The van der Waals surface area contributed by atoms with Gasteiger partial charge >= 0.3 is 0 Å². The number of nitrogens with one attached hydrogen (secondary N) is 2. The Morgan fingerprint density at radius 3 is 2.39 bits per heavy atom. The standard InChI is InChI=1S/C18H32N4.HI/c1-5-22(6-2)14-10-11-16(3)21-18(19-4)20-15-17-12-8-7-9-13-17;/h7-9,12-13,16H,5-6,10-11,14-15H2,1-4H3,(H2,19,20,21);1H. The number of guanidine groups is 1. The third kappa shape index (κ3) is 9.81. The number of rotatable bonds is 9.